The van der Waals surface area contributed by atoms with Gasteiger partial charge in [0, 0.05) is 0 Å². The van der Waals surface area contributed by atoms with Crippen LogP contribution in [0.25, 0.3) is 0 Å². The molecule has 0 aromatic heterocycles. The smallest absolute Gasteiger partial charge is 0.00961 e. The van der Waals surface area contributed by atoms with Gasteiger partial charge >= 0.3 is 0 Å². The average molecular weight is 148 g/mol. The molecule has 0 saturated heterocycles. The molecule has 0 heterocycles. The first-order chi connectivity index (χ1) is 4.33. The van der Waals surface area contributed by atoms with Crippen LogP contribution >= 0.6 is 11.8 Å². The zero-order valence-electron chi connectivity index (χ0n) is 7.24. The fourth-order valence-corrected chi connectivity index (χ4v) is 0.612. The van der Waals surface area contributed by atoms with E-state index in [0.717, 1.165) is 0 Å². The maximum atomic E-state index is 2.18. The molecule has 0 atom stereocenters. The van der Waals surface area contributed by atoms with E-state index < -0.39 is 0 Å². The number of hydrogen-bond acceptors (Lipinski definition) is 1. The monoisotopic (exact) mass is 148 g/mol. The zero-order valence-corrected chi connectivity index (χ0v) is 8.05. The van der Waals surface area contributed by atoms with Gasteiger partial charge in [-0.05, 0) is 11.5 Å². The van der Waals surface area contributed by atoms with E-state index in [2.05, 4.69) is 27.7 Å². The Morgan fingerprint density at radius 2 is 1.11 bits per heavy atom. The molecule has 0 unspecified atom stereocenters. The van der Waals surface area contributed by atoms with Crippen LogP contribution in [-0.4, -0.2) is 11.5 Å². The molecule has 0 fully saturated rings. The molecule has 0 aliphatic carbocycles. The molecule has 0 rings (SSSR count). The van der Waals surface area contributed by atoms with Crippen molar-refractivity contribution in [1.29, 1.82) is 0 Å². The van der Waals surface area contributed by atoms with E-state index in [-0.39, 0.29) is 0 Å². The first-order valence-electron chi connectivity index (χ1n) is 3.91. The second-order valence-corrected chi connectivity index (χ2v) is 3.34. The SMILES string of the molecule is CCCC.CCSCC. The van der Waals surface area contributed by atoms with Crippen LogP contribution in [0.3, 0.4) is 0 Å². The highest BCUT2D eigenvalue weighted by Gasteiger charge is 1.67. The van der Waals surface area contributed by atoms with Gasteiger partial charge in [0.05, 0.1) is 0 Å². The van der Waals surface area contributed by atoms with E-state index >= 15 is 0 Å². The molecule has 9 heavy (non-hydrogen) atoms. The third kappa shape index (κ3) is 30.0. The zero-order chi connectivity index (χ0) is 7.54. The lowest BCUT2D eigenvalue weighted by molar-refractivity contribution is 0.886. The molecule has 0 aromatic rings. The summed E-state index contributed by atoms with van der Waals surface area (Å²) in [4.78, 5) is 0. The van der Waals surface area contributed by atoms with Gasteiger partial charge in [-0.3, -0.25) is 0 Å². The quantitative estimate of drug-likeness (QED) is 0.589. The highest BCUT2D eigenvalue weighted by Crippen LogP contribution is 1.93. The van der Waals surface area contributed by atoms with Gasteiger partial charge in [0.25, 0.3) is 0 Å². The molecular weight excluding hydrogens is 128 g/mol. The summed E-state index contributed by atoms with van der Waals surface area (Å²) in [6, 6.07) is 0. The summed E-state index contributed by atoms with van der Waals surface area (Å²) in [6.07, 6.45) is 2.64. The van der Waals surface area contributed by atoms with Crippen molar-refractivity contribution in [3.8, 4) is 0 Å². The van der Waals surface area contributed by atoms with Crippen molar-refractivity contribution in [3.05, 3.63) is 0 Å². The minimum atomic E-state index is 1.26. The molecule has 0 aliphatic rings. The predicted octanol–water partition coefficient (Wildman–Crippen LogP) is 3.57. The summed E-state index contributed by atoms with van der Waals surface area (Å²) in [7, 11) is 0. The van der Waals surface area contributed by atoms with Gasteiger partial charge in [0.15, 0.2) is 0 Å². The van der Waals surface area contributed by atoms with E-state index in [1.54, 1.807) is 0 Å². The predicted molar refractivity (Wildman–Crippen MR) is 49.3 cm³/mol. The Kier molecular flexibility index (Phi) is 21.1. The summed E-state index contributed by atoms with van der Waals surface area (Å²) < 4.78 is 0. The molecule has 0 aromatic carbocycles. The minimum absolute atomic E-state index is 1.26. The van der Waals surface area contributed by atoms with Crippen LogP contribution in [0.15, 0.2) is 0 Å². The van der Waals surface area contributed by atoms with Gasteiger partial charge in [0.1, 0.15) is 0 Å². The molecule has 0 spiro atoms. The molecular formula is C8H20S. The Morgan fingerprint density at radius 1 is 0.778 bits per heavy atom. The van der Waals surface area contributed by atoms with Gasteiger partial charge < -0.3 is 0 Å². The van der Waals surface area contributed by atoms with Gasteiger partial charge in [0.2, 0.25) is 0 Å². The summed E-state index contributed by atoms with van der Waals surface area (Å²) in [5, 5.41) is 0. The van der Waals surface area contributed by atoms with E-state index in [0.29, 0.717) is 0 Å². The van der Waals surface area contributed by atoms with Crippen molar-refractivity contribution < 1.29 is 0 Å². The third-order valence-corrected chi connectivity index (χ3v) is 1.72. The number of rotatable bonds is 3. The summed E-state index contributed by atoms with van der Waals surface area (Å²) in [5.74, 6) is 2.52. The lowest BCUT2D eigenvalue weighted by Gasteiger charge is -1.80. The molecule has 0 nitrogen and oxygen atoms in total. The second-order valence-electron chi connectivity index (χ2n) is 1.78. The van der Waals surface area contributed by atoms with Crippen LogP contribution in [-0.2, 0) is 0 Å². The Hall–Kier alpha value is 0.350. The van der Waals surface area contributed by atoms with Crippen LogP contribution in [0.2, 0.25) is 0 Å². The number of hydrogen-bond donors (Lipinski definition) is 0. The molecule has 0 aliphatic heterocycles. The first-order valence-corrected chi connectivity index (χ1v) is 5.06. The Morgan fingerprint density at radius 3 is 1.11 bits per heavy atom. The molecule has 0 bridgehead atoms. The highest BCUT2D eigenvalue weighted by atomic mass is 32.2. The summed E-state index contributed by atoms with van der Waals surface area (Å²) in [6.45, 7) is 8.71. The number of unbranched alkanes of at least 4 members (excludes halogenated alkanes) is 1. The maximum absolute atomic E-state index is 2.18. The molecule has 1 heteroatoms. The van der Waals surface area contributed by atoms with Crippen LogP contribution in [0.1, 0.15) is 40.5 Å². The van der Waals surface area contributed by atoms with Crippen molar-refractivity contribution in [2.45, 2.75) is 40.5 Å². The average Bonchev–Trinajstić information content (AvgIpc) is 1.91. The Labute approximate surface area is 64.4 Å². The van der Waals surface area contributed by atoms with Gasteiger partial charge in [-0.25, -0.2) is 0 Å². The topological polar surface area (TPSA) is 0 Å². The molecule has 0 amide bonds. The van der Waals surface area contributed by atoms with E-state index in [4.69, 9.17) is 0 Å². The van der Waals surface area contributed by atoms with Crippen molar-refractivity contribution in [1.82, 2.24) is 0 Å². The fraction of sp³-hybridized carbons (Fsp3) is 1.00. The third-order valence-electron chi connectivity index (χ3n) is 0.908. The molecule has 0 radical (unpaired) electrons. The van der Waals surface area contributed by atoms with E-state index in [9.17, 15) is 0 Å². The minimum Gasteiger partial charge on any atom is -0.163 e. The van der Waals surface area contributed by atoms with Crippen LogP contribution < -0.4 is 0 Å². The normalized spacial score (nSPS) is 8.00. The van der Waals surface area contributed by atoms with Gasteiger partial charge in [-0.15, -0.1) is 0 Å². The van der Waals surface area contributed by atoms with Crippen molar-refractivity contribution in [2.24, 2.45) is 0 Å². The molecule has 58 valence electrons. The van der Waals surface area contributed by atoms with Gasteiger partial charge in [-0.2, -0.15) is 11.8 Å². The molecule has 0 saturated carbocycles. The summed E-state index contributed by atoms with van der Waals surface area (Å²) >= 11 is 1.96. The van der Waals surface area contributed by atoms with Crippen molar-refractivity contribution in [2.75, 3.05) is 11.5 Å². The van der Waals surface area contributed by atoms with Gasteiger partial charge in [-0.1, -0.05) is 40.5 Å². The lowest BCUT2D eigenvalue weighted by Crippen LogP contribution is -1.64. The van der Waals surface area contributed by atoms with E-state index in [1.807, 2.05) is 11.8 Å². The highest BCUT2D eigenvalue weighted by molar-refractivity contribution is 7.99. The number of thioether (sulfide) groups is 1. The fourth-order valence-electron chi connectivity index (χ4n) is 0.204. The second kappa shape index (κ2) is 15.8. The van der Waals surface area contributed by atoms with Crippen LogP contribution in [0.5, 0.6) is 0 Å². The molecule has 0 N–H and O–H groups in total. The van der Waals surface area contributed by atoms with Crippen molar-refractivity contribution >= 4 is 11.8 Å². The first kappa shape index (κ1) is 12.1. The Balaban J connectivity index is 0. The van der Waals surface area contributed by atoms with Crippen LogP contribution in [0.4, 0.5) is 0 Å². The van der Waals surface area contributed by atoms with Crippen molar-refractivity contribution in [3.63, 3.8) is 0 Å². The van der Waals surface area contributed by atoms with Crippen LogP contribution in [0, 0.1) is 0 Å². The lowest BCUT2D eigenvalue weighted by atomic mass is 10.4. The standard InChI is InChI=1S/C4H10S.C4H10/c1-3-5-4-2;1-3-4-2/h3-4H2,1-2H3;3-4H2,1-2H3. The van der Waals surface area contributed by atoms with E-state index in [1.165, 1.54) is 24.3 Å². The Bertz CT molecular complexity index is 23.7. The largest absolute Gasteiger partial charge is 0.163 e. The maximum Gasteiger partial charge on any atom is -0.00961 e. The summed E-state index contributed by atoms with van der Waals surface area (Å²) in [5.41, 5.74) is 0.